The van der Waals surface area contributed by atoms with E-state index in [2.05, 4.69) is 30.2 Å². The van der Waals surface area contributed by atoms with Crippen LogP contribution in [0, 0.1) is 0 Å². The summed E-state index contributed by atoms with van der Waals surface area (Å²) in [6.07, 6.45) is 7.10. The smallest absolute Gasteiger partial charge is 0.223 e. The summed E-state index contributed by atoms with van der Waals surface area (Å²) in [5.41, 5.74) is 3.61. The van der Waals surface area contributed by atoms with Gasteiger partial charge in [0, 0.05) is 29.3 Å². The van der Waals surface area contributed by atoms with Crippen molar-refractivity contribution in [1.29, 1.82) is 0 Å². The molecule has 7 nitrogen and oxygen atoms in total. The normalized spacial score (nSPS) is 22.4. The van der Waals surface area contributed by atoms with Crippen molar-refractivity contribution in [2.75, 3.05) is 18.5 Å². The standard InChI is InChI=1S/C26H31ClN4O3/c1-15(2)23-17-11-16(5-6-20(17)28-12-18(23)26(33)8-3-4-9-26)24-19(27)13-29-25(31-24)30-21-7-10-34-14-22(21)32/h5-6,11-13,15,21-22,32-33H,3-4,7-10,14H2,1-2H3,(H,29,30,31)/t21-,22-/m1/s1. The summed E-state index contributed by atoms with van der Waals surface area (Å²) in [4.78, 5) is 13.7. The lowest BCUT2D eigenvalue weighted by Gasteiger charge is -2.28. The van der Waals surface area contributed by atoms with Crippen molar-refractivity contribution in [3.8, 4) is 11.3 Å². The Morgan fingerprint density at radius 3 is 2.71 bits per heavy atom. The fraction of sp³-hybridized carbons (Fsp3) is 0.500. The number of pyridine rings is 1. The van der Waals surface area contributed by atoms with E-state index in [4.69, 9.17) is 26.3 Å². The number of aliphatic hydroxyl groups is 2. The number of ether oxygens (including phenoxy) is 1. The van der Waals surface area contributed by atoms with Gasteiger partial charge in [0.05, 0.1) is 46.8 Å². The molecular weight excluding hydrogens is 452 g/mol. The zero-order chi connectivity index (χ0) is 23.9. The van der Waals surface area contributed by atoms with E-state index >= 15 is 0 Å². The number of nitrogens with one attached hydrogen (secondary N) is 1. The number of benzene rings is 1. The van der Waals surface area contributed by atoms with E-state index in [9.17, 15) is 10.2 Å². The molecule has 5 rings (SSSR count). The molecule has 0 radical (unpaired) electrons. The summed E-state index contributed by atoms with van der Waals surface area (Å²) >= 11 is 6.53. The molecule has 1 saturated carbocycles. The minimum Gasteiger partial charge on any atom is -0.389 e. The number of rotatable bonds is 5. The van der Waals surface area contributed by atoms with Gasteiger partial charge in [0.15, 0.2) is 0 Å². The second-order valence-electron chi connectivity index (χ2n) is 9.78. The Morgan fingerprint density at radius 1 is 1.18 bits per heavy atom. The molecule has 3 N–H and O–H groups in total. The van der Waals surface area contributed by atoms with Gasteiger partial charge < -0.3 is 20.3 Å². The van der Waals surface area contributed by atoms with E-state index in [-0.39, 0.29) is 12.0 Å². The van der Waals surface area contributed by atoms with Gasteiger partial charge in [-0.3, -0.25) is 4.98 Å². The first-order valence-electron chi connectivity index (χ1n) is 12.1. The highest BCUT2D eigenvalue weighted by molar-refractivity contribution is 6.33. The molecule has 1 aliphatic heterocycles. The molecule has 0 unspecified atom stereocenters. The molecule has 2 fully saturated rings. The monoisotopic (exact) mass is 482 g/mol. The molecule has 2 aliphatic rings. The van der Waals surface area contributed by atoms with Crippen LogP contribution in [-0.4, -0.2) is 50.5 Å². The molecule has 1 aliphatic carbocycles. The Bertz CT molecular complexity index is 1200. The van der Waals surface area contributed by atoms with Crippen LogP contribution < -0.4 is 5.32 Å². The Kier molecular flexibility index (Phi) is 6.46. The Morgan fingerprint density at radius 2 is 1.97 bits per heavy atom. The number of hydrogen-bond acceptors (Lipinski definition) is 7. The lowest BCUT2D eigenvalue weighted by Crippen LogP contribution is -2.42. The maximum atomic E-state index is 11.4. The summed E-state index contributed by atoms with van der Waals surface area (Å²) in [6, 6.07) is 5.84. The molecule has 1 aromatic carbocycles. The quantitative estimate of drug-likeness (QED) is 0.480. The molecule has 2 aromatic heterocycles. The minimum atomic E-state index is -0.814. The number of fused-ring (bicyclic) bond motifs is 1. The number of aliphatic hydroxyl groups excluding tert-OH is 1. The third-order valence-electron chi connectivity index (χ3n) is 7.08. The first kappa shape index (κ1) is 23.4. The first-order chi connectivity index (χ1) is 16.4. The predicted molar refractivity (Wildman–Crippen MR) is 133 cm³/mol. The molecule has 8 heteroatoms. The summed E-state index contributed by atoms with van der Waals surface area (Å²) in [5, 5.41) is 26.3. The lowest BCUT2D eigenvalue weighted by molar-refractivity contribution is -0.0136. The fourth-order valence-corrected chi connectivity index (χ4v) is 5.48. The summed E-state index contributed by atoms with van der Waals surface area (Å²) < 4.78 is 5.31. The van der Waals surface area contributed by atoms with E-state index in [1.165, 1.54) is 0 Å². The molecule has 1 saturated heterocycles. The van der Waals surface area contributed by atoms with Crippen molar-refractivity contribution in [3.05, 3.63) is 46.7 Å². The van der Waals surface area contributed by atoms with Crippen LogP contribution >= 0.6 is 11.6 Å². The van der Waals surface area contributed by atoms with Gasteiger partial charge in [-0.1, -0.05) is 44.4 Å². The molecule has 3 heterocycles. The van der Waals surface area contributed by atoms with Gasteiger partial charge in [0.25, 0.3) is 0 Å². The predicted octanol–water partition coefficient (Wildman–Crippen LogP) is 4.79. The summed E-state index contributed by atoms with van der Waals surface area (Å²) in [5.74, 6) is 0.634. The van der Waals surface area contributed by atoms with Crippen LogP contribution in [0.3, 0.4) is 0 Å². The zero-order valence-corrected chi connectivity index (χ0v) is 20.3. The molecule has 34 heavy (non-hydrogen) atoms. The van der Waals surface area contributed by atoms with Crippen molar-refractivity contribution in [2.24, 2.45) is 0 Å². The van der Waals surface area contributed by atoms with Crippen LogP contribution in [0.5, 0.6) is 0 Å². The Balaban J connectivity index is 1.57. The van der Waals surface area contributed by atoms with E-state index in [0.717, 1.165) is 53.3 Å². The van der Waals surface area contributed by atoms with Crippen molar-refractivity contribution < 1.29 is 14.9 Å². The molecule has 2 atom stereocenters. The Labute approximate surface area is 204 Å². The van der Waals surface area contributed by atoms with E-state index in [1.807, 2.05) is 18.3 Å². The highest BCUT2D eigenvalue weighted by Crippen LogP contribution is 2.44. The van der Waals surface area contributed by atoms with Gasteiger partial charge in [-0.15, -0.1) is 0 Å². The fourth-order valence-electron chi connectivity index (χ4n) is 5.28. The van der Waals surface area contributed by atoms with Gasteiger partial charge in [0.1, 0.15) is 0 Å². The topological polar surface area (TPSA) is 100 Å². The first-order valence-corrected chi connectivity index (χ1v) is 12.4. The minimum absolute atomic E-state index is 0.175. The average molecular weight is 483 g/mol. The maximum Gasteiger partial charge on any atom is 0.223 e. The molecule has 0 amide bonds. The van der Waals surface area contributed by atoms with E-state index in [1.54, 1.807) is 6.20 Å². The lowest BCUT2D eigenvalue weighted by atomic mass is 9.83. The Hall–Kier alpha value is -2.32. The van der Waals surface area contributed by atoms with E-state index in [0.29, 0.717) is 36.3 Å². The van der Waals surface area contributed by atoms with Gasteiger partial charge in [-0.2, -0.15) is 0 Å². The van der Waals surface area contributed by atoms with Gasteiger partial charge in [-0.05, 0) is 42.9 Å². The highest BCUT2D eigenvalue weighted by Gasteiger charge is 2.36. The van der Waals surface area contributed by atoms with Crippen molar-refractivity contribution >= 4 is 28.5 Å². The van der Waals surface area contributed by atoms with Crippen LogP contribution in [0.15, 0.2) is 30.6 Å². The van der Waals surface area contributed by atoms with Gasteiger partial charge in [0.2, 0.25) is 5.95 Å². The molecule has 0 spiro atoms. The third-order valence-corrected chi connectivity index (χ3v) is 7.35. The summed E-state index contributed by atoms with van der Waals surface area (Å²) in [6.45, 7) is 5.19. The third kappa shape index (κ3) is 4.38. The number of anilines is 1. The van der Waals surface area contributed by atoms with Crippen molar-refractivity contribution in [3.63, 3.8) is 0 Å². The molecule has 3 aromatic rings. The van der Waals surface area contributed by atoms with Crippen molar-refractivity contribution in [2.45, 2.75) is 69.6 Å². The van der Waals surface area contributed by atoms with Crippen LogP contribution in [-0.2, 0) is 10.3 Å². The van der Waals surface area contributed by atoms with Gasteiger partial charge >= 0.3 is 0 Å². The van der Waals surface area contributed by atoms with Crippen LogP contribution in [0.2, 0.25) is 5.02 Å². The van der Waals surface area contributed by atoms with Gasteiger partial charge in [-0.25, -0.2) is 9.97 Å². The van der Waals surface area contributed by atoms with E-state index < -0.39 is 11.7 Å². The second kappa shape index (κ2) is 9.38. The maximum absolute atomic E-state index is 11.4. The van der Waals surface area contributed by atoms with Crippen LogP contribution in [0.4, 0.5) is 5.95 Å². The van der Waals surface area contributed by atoms with Crippen LogP contribution in [0.1, 0.15) is 63.0 Å². The zero-order valence-electron chi connectivity index (χ0n) is 19.6. The summed E-state index contributed by atoms with van der Waals surface area (Å²) in [7, 11) is 0. The largest absolute Gasteiger partial charge is 0.389 e. The SMILES string of the molecule is CC(C)c1c(C2(O)CCCC2)cnc2ccc(-c3nc(N[C@@H]4CCOC[C@H]4O)ncc3Cl)cc12. The molecule has 0 bridgehead atoms. The molecular formula is C26H31ClN4O3. The average Bonchev–Trinajstić information content (AvgIpc) is 3.28. The van der Waals surface area contributed by atoms with Crippen molar-refractivity contribution in [1.82, 2.24) is 15.0 Å². The number of nitrogens with zero attached hydrogens (tertiary/aromatic N) is 3. The highest BCUT2D eigenvalue weighted by atomic mass is 35.5. The number of halogens is 1. The molecule has 180 valence electrons. The number of hydrogen-bond donors (Lipinski definition) is 3. The second-order valence-corrected chi connectivity index (χ2v) is 10.2. The van der Waals surface area contributed by atoms with Crippen LogP contribution in [0.25, 0.3) is 22.2 Å². The number of aromatic nitrogens is 3.